The molecule has 130 valence electrons. The van der Waals surface area contributed by atoms with Crippen molar-refractivity contribution < 1.29 is 18.8 Å². The Hall–Kier alpha value is -1.88. The van der Waals surface area contributed by atoms with Crippen LogP contribution in [0, 0.1) is 6.92 Å². The monoisotopic (exact) mass is 331 g/mol. The van der Waals surface area contributed by atoms with Gasteiger partial charge in [-0.2, -0.15) is 0 Å². The molecule has 0 radical (unpaired) electrons. The molecule has 0 aromatic heterocycles. The van der Waals surface area contributed by atoms with Gasteiger partial charge in [0.2, 0.25) is 5.91 Å². The van der Waals surface area contributed by atoms with E-state index < -0.39 is 0 Å². The van der Waals surface area contributed by atoms with Crippen LogP contribution < -0.4 is 4.90 Å². The van der Waals surface area contributed by atoms with Crippen molar-refractivity contribution in [3.8, 4) is 0 Å². The molecule has 5 heteroatoms. The maximum atomic E-state index is 12.8. The molecule has 0 bridgehead atoms. The number of nitrogens with zero attached hydrogens (tertiary/aromatic N) is 2. The smallest absolute Gasteiger partial charge is 0.306 e. The Kier molecular flexibility index (Phi) is 4.38. The van der Waals surface area contributed by atoms with Gasteiger partial charge < -0.3 is 14.1 Å². The number of likely N-dealkylation sites (tertiary alicyclic amines) is 1. The highest BCUT2D eigenvalue weighted by Gasteiger charge is 2.47. The normalized spacial score (nSPS) is 24.2. The van der Waals surface area contributed by atoms with Crippen molar-refractivity contribution in [1.82, 2.24) is 0 Å². The highest BCUT2D eigenvalue weighted by atomic mass is 16.5. The molecule has 5 nitrogen and oxygen atoms in total. The number of rotatable bonds is 3. The number of carbonyl (C=O) groups is 2. The first-order chi connectivity index (χ1) is 11.3. The minimum Gasteiger partial charge on any atom is -0.469 e. The van der Waals surface area contributed by atoms with Gasteiger partial charge in [-0.05, 0) is 18.6 Å². The molecule has 2 aliphatic rings. The van der Waals surface area contributed by atoms with Gasteiger partial charge in [-0.25, -0.2) is 0 Å². The molecule has 3 rings (SSSR count). The molecule has 1 saturated heterocycles. The van der Waals surface area contributed by atoms with E-state index in [9.17, 15) is 9.59 Å². The molecule has 1 aromatic rings. The molecule has 2 atom stereocenters. The third-order valence-electron chi connectivity index (χ3n) is 5.40. The third-order valence-corrected chi connectivity index (χ3v) is 5.40. The number of ether oxygens (including phenoxy) is 1. The fraction of sp³-hybridized carbons (Fsp3) is 0.579. The van der Waals surface area contributed by atoms with E-state index in [2.05, 4.69) is 44.0 Å². The molecule has 2 unspecified atom stereocenters. The minimum absolute atomic E-state index is 0.0326. The van der Waals surface area contributed by atoms with Crippen LogP contribution in [0.4, 0.5) is 5.69 Å². The quantitative estimate of drug-likeness (QED) is 0.630. The van der Waals surface area contributed by atoms with Crippen LogP contribution in [0.5, 0.6) is 0 Å². The third kappa shape index (κ3) is 3.05. The largest absolute Gasteiger partial charge is 0.469 e. The zero-order valence-electron chi connectivity index (χ0n) is 15.0. The Labute approximate surface area is 143 Å². The van der Waals surface area contributed by atoms with Crippen LogP contribution in [0.1, 0.15) is 36.3 Å². The lowest BCUT2D eigenvalue weighted by molar-refractivity contribution is -0.896. The van der Waals surface area contributed by atoms with E-state index in [1.807, 2.05) is 4.90 Å². The van der Waals surface area contributed by atoms with Crippen molar-refractivity contribution in [3.05, 3.63) is 29.3 Å². The molecular formula is C19H27N2O3+. The van der Waals surface area contributed by atoms with Crippen LogP contribution in [0.15, 0.2) is 18.2 Å². The van der Waals surface area contributed by atoms with Crippen LogP contribution >= 0.6 is 0 Å². The summed E-state index contributed by atoms with van der Waals surface area (Å²) in [4.78, 5) is 26.2. The van der Waals surface area contributed by atoms with Gasteiger partial charge in [0.15, 0.2) is 0 Å². The standard InChI is InChI=1S/C19H27N2O3/c1-13-5-6-16-14(11-13)15-12-21(2,3)10-9-17(15)20(16)18(22)7-8-19(23)24-4/h5-6,11,15,17H,7-10,12H2,1-4H3/q+1. The number of methoxy groups -OCH3 is 1. The number of hydrogen-bond donors (Lipinski definition) is 0. The summed E-state index contributed by atoms with van der Waals surface area (Å²) in [5, 5.41) is 0. The van der Waals surface area contributed by atoms with Crippen LogP contribution in [-0.4, -0.2) is 56.7 Å². The maximum Gasteiger partial charge on any atom is 0.306 e. The molecule has 0 aliphatic carbocycles. The summed E-state index contributed by atoms with van der Waals surface area (Å²) < 4.78 is 5.66. The molecule has 1 fully saturated rings. The summed E-state index contributed by atoms with van der Waals surface area (Å²) in [6, 6.07) is 6.58. The fourth-order valence-electron chi connectivity index (χ4n) is 4.16. The predicted octanol–water partition coefficient (Wildman–Crippen LogP) is 2.23. The number of amides is 1. The molecule has 0 saturated carbocycles. The van der Waals surface area contributed by atoms with Crippen molar-refractivity contribution in [2.24, 2.45) is 0 Å². The van der Waals surface area contributed by atoms with Crippen molar-refractivity contribution >= 4 is 17.6 Å². The lowest BCUT2D eigenvalue weighted by Gasteiger charge is -2.41. The van der Waals surface area contributed by atoms with Gasteiger partial charge in [0.25, 0.3) is 0 Å². The van der Waals surface area contributed by atoms with Crippen LogP contribution in [0.2, 0.25) is 0 Å². The molecule has 24 heavy (non-hydrogen) atoms. The number of fused-ring (bicyclic) bond motifs is 3. The van der Waals surface area contributed by atoms with Gasteiger partial charge in [0, 0.05) is 18.5 Å². The maximum absolute atomic E-state index is 12.8. The predicted molar refractivity (Wildman–Crippen MR) is 92.9 cm³/mol. The topological polar surface area (TPSA) is 46.6 Å². The number of esters is 1. The number of aryl methyl sites for hydroxylation is 1. The number of likely N-dealkylation sites (N-methyl/N-ethyl adjacent to an activating group) is 1. The van der Waals surface area contributed by atoms with Gasteiger partial charge >= 0.3 is 5.97 Å². The Morgan fingerprint density at radius 2 is 2.04 bits per heavy atom. The average Bonchev–Trinajstić information content (AvgIpc) is 2.84. The first-order valence-electron chi connectivity index (χ1n) is 8.64. The fourth-order valence-corrected chi connectivity index (χ4v) is 4.16. The molecular weight excluding hydrogens is 304 g/mol. The lowest BCUT2D eigenvalue weighted by atomic mass is 9.87. The Bertz CT molecular complexity index is 669. The Morgan fingerprint density at radius 1 is 1.29 bits per heavy atom. The van der Waals surface area contributed by atoms with Gasteiger partial charge in [-0.3, -0.25) is 9.59 Å². The van der Waals surface area contributed by atoms with E-state index in [1.54, 1.807) is 0 Å². The Balaban J connectivity index is 1.90. The molecule has 2 aliphatic heterocycles. The second-order valence-corrected chi connectivity index (χ2v) is 7.71. The number of anilines is 1. The van der Waals surface area contributed by atoms with Crippen molar-refractivity contribution in [2.45, 2.75) is 38.1 Å². The van der Waals surface area contributed by atoms with Gasteiger partial charge in [-0.15, -0.1) is 0 Å². The van der Waals surface area contributed by atoms with Gasteiger partial charge in [-0.1, -0.05) is 17.7 Å². The van der Waals surface area contributed by atoms with E-state index in [4.69, 9.17) is 0 Å². The Morgan fingerprint density at radius 3 is 2.75 bits per heavy atom. The zero-order chi connectivity index (χ0) is 17.5. The second kappa shape index (κ2) is 6.20. The van der Waals surface area contributed by atoms with Gasteiger partial charge in [0.05, 0.1) is 52.7 Å². The van der Waals surface area contributed by atoms with Crippen molar-refractivity contribution in [1.29, 1.82) is 0 Å². The van der Waals surface area contributed by atoms with Crippen molar-refractivity contribution in [2.75, 3.05) is 39.2 Å². The summed E-state index contributed by atoms with van der Waals surface area (Å²) in [7, 11) is 5.87. The minimum atomic E-state index is -0.329. The number of piperidine rings is 1. The highest BCUT2D eigenvalue weighted by molar-refractivity contribution is 5.98. The second-order valence-electron chi connectivity index (χ2n) is 7.71. The zero-order valence-corrected chi connectivity index (χ0v) is 15.0. The first-order valence-corrected chi connectivity index (χ1v) is 8.64. The number of quaternary nitrogens is 1. The number of hydrogen-bond acceptors (Lipinski definition) is 3. The lowest BCUT2D eigenvalue weighted by Crippen LogP contribution is -2.54. The van der Waals surface area contributed by atoms with E-state index in [-0.39, 0.29) is 30.8 Å². The van der Waals surface area contributed by atoms with Crippen LogP contribution in [0.3, 0.4) is 0 Å². The van der Waals surface area contributed by atoms with E-state index in [0.717, 1.165) is 29.7 Å². The average molecular weight is 331 g/mol. The van der Waals surface area contributed by atoms with E-state index in [1.165, 1.54) is 18.2 Å². The van der Waals surface area contributed by atoms with Gasteiger partial charge in [0.1, 0.15) is 0 Å². The summed E-state index contributed by atoms with van der Waals surface area (Å²) in [6.07, 6.45) is 1.35. The molecule has 2 heterocycles. The molecule has 1 aromatic carbocycles. The number of carbonyl (C=O) groups excluding carboxylic acids is 2. The summed E-state index contributed by atoms with van der Waals surface area (Å²) in [5.41, 5.74) is 3.55. The highest BCUT2D eigenvalue weighted by Crippen LogP contribution is 2.46. The SMILES string of the molecule is COC(=O)CCC(=O)N1c2ccc(C)cc2C2C[N+](C)(C)CCC21. The van der Waals surface area contributed by atoms with Crippen molar-refractivity contribution in [3.63, 3.8) is 0 Å². The first kappa shape index (κ1) is 17.0. The van der Waals surface area contributed by atoms with Crippen LogP contribution in [0.25, 0.3) is 0 Å². The summed E-state index contributed by atoms with van der Waals surface area (Å²) >= 11 is 0. The number of benzene rings is 1. The van der Waals surface area contributed by atoms with Crippen LogP contribution in [-0.2, 0) is 14.3 Å². The molecule has 0 spiro atoms. The van der Waals surface area contributed by atoms with E-state index in [0.29, 0.717) is 5.92 Å². The molecule has 1 amide bonds. The molecule has 0 N–H and O–H groups in total. The van der Waals surface area contributed by atoms with E-state index >= 15 is 0 Å². The summed E-state index contributed by atoms with van der Waals surface area (Å²) in [6.45, 7) is 4.21. The summed E-state index contributed by atoms with van der Waals surface area (Å²) in [5.74, 6) is 0.0839.